The molecular weight excluding hydrogens is 391 g/mol. The minimum atomic E-state index is -4.42. The van der Waals surface area contributed by atoms with Gasteiger partial charge in [0, 0.05) is 22.8 Å². The number of anilines is 1. The highest BCUT2D eigenvalue weighted by Crippen LogP contribution is 2.37. The summed E-state index contributed by atoms with van der Waals surface area (Å²) in [6, 6.07) is 16.8. The molecule has 0 saturated heterocycles. The molecule has 2 heterocycles. The molecule has 0 aliphatic carbocycles. The van der Waals surface area contributed by atoms with Gasteiger partial charge in [-0.25, -0.2) is 4.98 Å². The molecule has 1 atom stereocenters. The zero-order chi connectivity index (χ0) is 21.3. The first-order chi connectivity index (χ1) is 14.3. The van der Waals surface area contributed by atoms with Gasteiger partial charge in [-0.3, -0.25) is 4.98 Å². The van der Waals surface area contributed by atoms with Crippen molar-refractivity contribution in [3.05, 3.63) is 95.3 Å². The molecule has 2 aromatic carbocycles. The van der Waals surface area contributed by atoms with Crippen molar-refractivity contribution in [1.82, 2.24) is 9.97 Å². The Kier molecular flexibility index (Phi) is 5.03. The summed E-state index contributed by atoms with van der Waals surface area (Å²) < 4.78 is 39.0. The molecule has 152 valence electrons. The van der Waals surface area contributed by atoms with Gasteiger partial charge in [0.15, 0.2) is 0 Å². The van der Waals surface area contributed by atoms with Crippen LogP contribution in [-0.4, -0.2) is 15.1 Å². The number of fused-ring (bicyclic) bond motifs is 1. The van der Waals surface area contributed by atoms with E-state index < -0.39 is 17.8 Å². The van der Waals surface area contributed by atoms with Crippen molar-refractivity contribution in [3.63, 3.8) is 0 Å². The van der Waals surface area contributed by atoms with Crippen LogP contribution >= 0.6 is 0 Å². The van der Waals surface area contributed by atoms with Gasteiger partial charge < -0.3 is 10.4 Å². The highest BCUT2D eigenvalue weighted by molar-refractivity contribution is 5.86. The van der Waals surface area contributed by atoms with E-state index in [0.717, 1.165) is 23.2 Å². The molecular formula is C23H18F3N3O. The molecule has 0 unspecified atom stereocenters. The summed E-state index contributed by atoms with van der Waals surface area (Å²) in [6.07, 6.45) is -2.84. The van der Waals surface area contributed by atoms with Crippen LogP contribution in [0.4, 0.5) is 19.0 Å². The maximum absolute atomic E-state index is 13.0. The summed E-state index contributed by atoms with van der Waals surface area (Å²) >= 11 is 0. The molecule has 2 aromatic heterocycles. The van der Waals surface area contributed by atoms with Crippen molar-refractivity contribution in [2.45, 2.75) is 19.1 Å². The minimum Gasteiger partial charge on any atom is -0.505 e. The third-order valence-electron chi connectivity index (χ3n) is 4.84. The molecule has 0 saturated carbocycles. The van der Waals surface area contributed by atoms with E-state index >= 15 is 0 Å². The van der Waals surface area contributed by atoms with Crippen LogP contribution in [0.15, 0.2) is 72.9 Å². The number of benzene rings is 2. The smallest absolute Gasteiger partial charge is 0.416 e. The summed E-state index contributed by atoms with van der Waals surface area (Å²) in [4.78, 5) is 8.67. The first-order valence-corrected chi connectivity index (χ1v) is 9.27. The summed E-state index contributed by atoms with van der Waals surface area (Å²) in [5, 5.41) is 14.9. The van der Waals surface area contributed by atoms with Crippen molar-refractivity contribution in [2.24, 2.45) is 0 Å². The number of alkyl halides is 3. The first-order valence-electron chi connectivity index (χ1n) is 9.27. The number of halogens is 3. The van der Waals surface area contributed by atoms with E-state index in [1.54, 1.807) is 24.4 Å². The second-order valence-corrected chi connectivity index (χ2v) is 6.94. The monoisotopic (exact) mass is 409 g/mol. The number of pyridine rings is 2. The molecule has 0 bridgehead atoms. The van der Waals surface area contributed by atoms with Gasteiger partial charge in [0.2, 0.25) is 0 Å². The average molecular weight is 409 g/mol. The van der Waals surface area contributed by atoms with Crippen molar-refractivity contribution < 1.29 is 18.3 Å². The molecule has 0 aliphatic rings. The Balaban J connectivity index is 1.82. The topological polar surface area (TPSA) is 58.0 Å². The van der Waals surface area contributed by atoms with Gasteiger partial charge in [0.1, 0.15) is 17.1 Å². The third-order valence-corrected chi connectivity index (χ3v) is 4.84. The van der Waals surface area contributed by atoms with E-state index in [1.165, 1.54) is 12.1 Å². The van der Waals surface area contributed by atoms with E-state index in [2.05, 4.69) is 15.3 Å². The van der Waals surface area contributed by atoms with Crippen LogP contribution in [0, 0.1) is 6.92 Å². The van der Waals surface area contributed by atoms with Gasteiger partial charge in [-0.2, -0.15) is 13.2 Å². The summed E-state index contributed by atoms with van der Waals surface area (Å²) in [6.45, 7) is 1.84. The molecule has 4 aromatic rings. The van der Waals surface area contributed by atoms with E-state index in [0.29, 0.717) is 22.5 Å². The number of hydrogen-bond donors (Lipinski definition) is 2. The standard InChI is InChI=1S/C23H18F3N3O/c1-14-4-2-6-19(28-14)29-20(16-7-10-17(11-8-16)23(24,25)26)18-12-9-15-5-3-13-27-21(15)22(18)30/h2-13,20,30H,1H3,(H,28,29)/t20-/m0/s1. The van der Waals surface area contributed by atoms with Crippen LogP contribution in [-0.2, 0) is 6.18 Å². The van der Waals surface area contributed by atoms with Gasteiger partial charge in [-0.15, -0.1) is 0 Å². The predicted molar refractivity (Wildman–Crippen MR) is 109 cm³/mol. The predicted octanol–water partition coefficient (Wildman–Crippen LogP) is 5.86. The highest BCUT2D eigenvalue weighted by Gasteiger charge is 2.30. The number of phenolic OH excluding ortho intramolecular Hbond substituents is 1. The second-order valence-electron chi connectivity index (χ2n) is 6.94. The molecule has 7 heteroatoms. The van der Waals surface area contributed by atoms with E-state index in [-0.39, 0.29) is 5.75 Å². The number of hydrogen-bond acceptors (Lipinski definition) is 4. The zero-order valence-electron chi connectivity index (χ0n) is 16.0. The minimum absolute atomic E-state index is 0.0295. The van der Waals surface area contributed by atoms with Gasteiger partial charge in [0.25, 0.3) is 0 Å². The lowest BCUT2D eigenvalue weighted by molar-refractivity contribution is -0.137. The van der Waals surface area contributed by atoms with E-state index in [1.807, 2.05) is 31.2 Å². The Morgan fingerprint density at radius 1 is 0.933 bits per heavy atom. The Morgan fingerprint density at radius 2 is 1.70 bits per heavy atom. The van der Waals surface area contributed by atoms with Gasteiger partial charge in [-0.1, -0.05) is 36.4 Å². The Morgan fingerprint density at radius 3 is 2.40 bits per heavy atom. The molecule has 0 aliphatic heterocycles. The molecule has 0 radical (unpaired) electrons. The fraction of sp³-hybridized carbons (Fsp3) is 0.130. The quantitative estimate of drug-likeness (QED) is 0.443. The molecule has 0 fully saturated rings. The van der Waals surface area contributed by atoms with Crippen LogP contribution in [0.1, 0.15) is 28.4 Å². The molecule has 30 heavy (non-hydrogen) atoms. The molecule has 2 N–H and O–H groups in total. The lowest BCUT2D eigenvalue weighted by Crippen LogP contribution is -2.14. The maximum atomic E-state index is 13.0. The average Bonchev–Trinajstić information content (AvgIpc) is 2.72. The second kappa shape index (κ2) is 7.67. The van der Waals surface area contributed by atoms with Crippen molar-refractivity contribution in [2.75, 3.05) is 5.32 Å². The number of phenols is 1. The van der Waals surface area contributed by atoms with Gasteiger partial charge >= 0.3 is 6.18 Å². The lowest BCUT2D eigenvalue weighted by atomic mass is 9.95. The molecule has 4 rings (SSSR count). The van der Waals surface area contributed by atoms with Crippen molar-refractivity contribution in [3.8, 4) is 5.75 Å². The number of aryl methyl sites for hydroxylation is 1. The Labute approximate surface area is 171 Å². The van der Waals surface area contributed by atoms with E-state index in [4.69, 9.17) is 0 Å². The number of rotatable bonds is 4. The lowest BCUT2D eigenvalue weighted by Gasteiger charge is -2.22. The normalized spacial score (nSPS) is 12.7. The summed E-state index contributed by atoms with van der Waals surface area (Å²) in [7, 11) is 0. The van der Waals surface area contributed by atoms with Gasteiger partial charge in [-0.05, 0) is 42.8 Å². The number of aromatic nitrogens is 2. The maximum Gasteiger partial charge on any atom is 0.416 e. The molecule has 0 spiro atoms. The zero-order valence-corrected chi connectivity index (χ0v) is 16.0. The van der Waals surface area contributed by atoms with Crippen molar-refractivity contribution in [1.29, 1.82) is 0 Å². The largest absolute Gasteiger partial charge is 0.505 e. The highest BCUT2D eigenvalue weighted by atomic mass is 19.4. The number of nitrogens with zero attached hydrogens (tertiary/aromatic N) is 2. The van der Waals surface area contributed by atoms with Crippen LogP contribution < -0.4 is 5.32 Å². The fourth-order valence-electron chi connectivity index (χ4n) is 3.35. The first kappa shape index (κ1) is 19.7. The number of nitrogens with one attached hydrogen (secondary N) is 1. The molecule has 0 amide bonds. The Hall–Kier alpha value is -3.61. The van der Waals surface area contributed by atoms with Crippen LogP contribution in [0.2, 0.25) is 0 Å². The molecule has 4 nitrogen and oxygen atoms in total. The van der Waals surface area contributed by atoms with Crippen LogP contribution in [0.3, 0.4) is 0 Å². The van der Waals surface area contributed by atoms with E-state index in [9.17, 15) is 18.3 Å². The van der Waals surface area contributed by atoms with Crippen LogP contribution in [0.5, 0.6) is 5.75 Å². The van der Waals surface area contributed by atoms with Gasteiger partial charge in [0.05, 0.1) is 11.6 Å². The number of aromatic hydroxyl groups is 1. The van der Waals surface area contributed by atoms with Crippen LogP contribution in [0.25, 0.3) is 10.9 Å². The third kappa shape index (κ3) is 3.91. The Bertz CT molecular complexity index is 1190. The summed E-state index contributed by atoms with van der Waals surface area (Å²) in [5.74, 6) is 0.513. The fourth-order valence-corrected chi connectivity index (χ4v) is 3.35. The van der Waals surface area contributed by atoms with Crippen molar-refractivity contribution >= 4 is 16.7 Å². The SMILES string of the molecule is Cc1cccc(N[C@@H](c2ccc(C(F)(F)F)cc2)c2ccc3cccnc3c2O)n1. The summed E-state index contributed by atoms with van der Waals surface area (Å²) in [5.41, 5.74) is 1.52.